The van der Waals surface area contributed by atoms with Crippen molar-refractivity contribution < 1.29 is 14.9 Å². The Bertz CT molecular complexity index is 67.7. The first-order valence-electron chi connectivity index (χ1n) is 4.09. The Labute approximate surface area is 68.0 Å². The van der Waals surface area contributed by atoms with Crippen molar-refractivity contribution in [1.82, 2.24) is 0 Å². The zero-order valence-corrected chi connectivity index (χ0v) is 7.12. The van der Waals surface area contributed by atoms with E-state index in [4.69, 9.17) is 14.9 Å². The van der Waals surface area contributed by atoms with Gasteiger partial charge in [-0.05, 0) is 25.7 Å². The number of methoxy groups -OCH3 is 1. The maximum atomic E-state index is 8.53. The van der Waals surface area contributed by atoms with Crippen LogP contribution in [0.15, 0.2) is 0 Å². The van der Waals surface area contributed by atoms with Crippen LogP contribution in [0.1, 0.15) is 25.7 Å². The lowest BCUT2D eigenvalue weighted by atomic mass is 10.1. The molecule has 0 aliphatic heterocycles. The minimum absolute atomic E-state index is 0.203. The molecular formula is C8H18O3. The molecule has 0 bridgehead atoms. The van der Waals surface area contributed by atoms with E-state index in [1.54, 1.807) is 7.11 Å². The van der Waals surface area contributed by atoms with E-state index in [2.05, 4.69) is 0 Å². The fraction of sp³-hybridized carbons (Fsp3) is 1.00. The maximum absolute atomic E-state index is 8.53. The fourth-order valence-electron chi connectivity index (χ4n) is 1.02. The van der Waals surface area contributed by atoms with Crippen molar-refractivity contribution in [2.75, 3.05) is 20.3 Å². The quantitative estimate of drug-likeness (QED) is 0.574. The molecule has 68 valence electrons. The molecule has 2 N–H and O–H groups in total. The number of ether oxygens (including phenoxy) is 1. The Morgan fingerprint density at radius 2 is 1.55 bits per heavy atom. The van der Waals surface area contributed by atoms with Crippen molar-refractivity contribution in [2.45, 2.75) is 31.8 Å². The molecule has 0 spiro atoms. The van der Waals surface area contributed by atoms with Gasteiger partial charge in [0, 0.05) is 20.3 Å². The van der Waals surface area contributed by atoms with Crippen molar-refractivity contribution in [3.8, 4) is 0 Å². The van der Waals surface area contributed by atoms with Gasteiger partial charge in [0.05, 0.1) is 6.10 Å². The molecule has 0 atom stereocenters. The molecule has 0 fully saturated rings. The van der Waals surface area contributed by atoms with Gasteiger partial charge in [-0.2, -0.15) is 0 Å². The van der Waals surface area contributed by atoms with Crippen LogP contribution < -0.4 is 0 Å². The molecular weight excluding hydrogens is 144 g/mol. The van der Waals surface area contributed by atoms with Gasteiger partial charge in [0.1, 0.15) is 0 Å². The van der Waals surface area contributed by atoms with Crippen molar-refractivity contribution in [2.24, 2.45) is 0 Å². The van der Waals surface area contributed by atoms with Crippen LogP contribution in [0.5, 0.6) is 0 Å². The SMILES string of the molecule is COC(CCCO)CCCO. The van der Waals surface area contributed by atoms with Gasteiger partial charge in [-0.1, -0.05) is 0 Å². The van der Waals surface area contributed by atoms with E-state index in [9.17, 15) is 0 Å². The highest BCUT2D eigenvalue weighted by atomic mass is 16.5. The van der Waals surface area contributed by atoms with Gasteiger partial charge in [0.2, 0.25) is 0 Å². The van der Waals surface area contributed by atoms with Crippen molar-refractivity contribution in [3.63, 3.8) is 0 Å². The molecule has 0 aromatic heterocycles. The predicted octanol–water partition coefficient (Wildman–Crippen LogP) is 0.546. The van der Waals surface area contributed by atoms with Crippen LogP contribution in [0.3, 0.4) is 0 Å². The molecule has 0 aliphatic carbocycles. The minimum atomic E-state index is 0.203. The molecule has 0 rings (SSSR count). The third-order valence-electron chi connectivity index (χ3n) is 1.70. The third kappa shape index (κ3) is 6.28. The monoisotopic (exact) mass is 162 g/mol. The summed E-state index contributed by atoms with van der Waals surface area (Å²) in [6.07, 6.45) is 3.53. The number of hydrogen-bond acceptors (Lipinski definition) is 3. The molecule has 0 saturated carbocycles. The van der Waals surface area contributed by atoms with Gasteiger partial charge in [-0.25, -0.2) is 0 Å². The zero-order valence-electron chi connectivity index (χ0n) is 7.12. The first-order valence-corrected chi connectivity index (χ1v) is 4.09. The number of hydrogen-bond donors (Lipinski definition) is 2. The summed E-state index contributed by atoms with van der Waals surface area (Å²) in [5.74, 6) is 0. The van der Waals surface area contributed by atoms with Crippen LogP contribution in [0.2, 0.25) is 0 Å². The summed E-state index contributed by atoms with van der Waals surface area (Å²) in [6.45, 7) is 0.442. The lowest BCUT2D eigenvalue weighted by Crippen LogP contribution is -2.11. The molecule has 0 aromatic carbocycles. The van der Waals surface area contributed by atoms with Crippen LogP contribution >= 0.6 is 0 Å². The van der Waals surface area contributed by atoms with Crippen LogP contribution in [0.25, 0.3) is 0 Å². The van der Waals surface area contributed by atoms with Crippen LogP contribution in [0, 0.1) is 0 Å². The summed E-state index contributed by atoms with van der Waals surface area (Å²) in [6, 6.07) is 0. The highest BCUT2D eigenvalue weighted by molar-refractivity contribution is 4.56. The highest BCUT2D eigenvalue weighted by Gasteiger charge is 2.04. The summed E-state index contributed by atoms with van der Waals surface area (Å²) in [4.78, 5) is 0. The molecule has 0 radical (unpaired) electrons. The van der Waals surface area contributed by atoms with E-state index in [-0.39, 0.29) is 19.3 Å². The Kier molecular flexibility index (Phi) is 7.89. The number of aliphatic hydroxyl groups is 2. The Morgan fingerprint density at radius 1 is 1.09 bits per heavy atom. The van der Waals surface area contributed by atoms with Gasteiger partial charge in [0.25, 0.3) is 0 Å². The van der Waals surface area contributed by atoms with E-state index >= 15 is 0 Å². The van der Waals surface area contributed by atoms with Crippen molar-refractivity contribution >= 4 is 0 Å². The van der Waals surface area contributed by atoms with E-state index in [0.29, 0.717) is 0 Å². The lowest BCUT2D eigenvalue weighted by molar-refractivity contribution is 0.0746. The van der Waals surface area contributed by atoms with Gasteiger partial charge < -0.3 is 14.9 Å². The Balaban J connectivity index is 3.25. The smallest absolute Gasteiger partial charge is 0.0573 e. The summed E-state index contributed by atoms with van der Waals surface area (Å²) in [7, 11) is 1.67. The average Bonchev–Trinajstić information content (AvgIpc) is 2.05. The lowest BCUT2D eigenvalue weighted by Gasteiger charge is -2.13. The summed E-state index contributed by atoms with van der Waals surface area (Å²) in [5, 5.41) is 17.1. The second kappa shape index (κ2) is 7.98. The van der Waals surface area contributed by atoms with Crippen molar-refractivity contribution in [1.29, 1.82) is 0 Å². The van der Waals surface area contributed by atoms with Gasteiger partial charge in [0.15, 0.2) is 0 Å². The Morgan fingerprint density at radius 3 is 1.82 bits per heavy atom. The Hall–Kier alpha value is -0.120. The maximum Gasteiger partial charge on any atom is 0.0573 e. The molecule has 0 heterocycles. The standard InChI is InChI=1S/C8H18O3/c1-11-8(4-2-6-9)5-3-7-10/h8-10H,2-7H2,1H3. The van der Waals surface area contributed by atoms with Crippen LogP contribution in [-0.2, 0) is 4.74 Å². The molecule has 3 nitrogen and oxygen atoms in total. The normalized spacial score (nSPS) is 10.9. The summed E-state index contributed by atoms with van der Waals surface area (Å²) < 4.78 is 5.13. The average molecular weight is 162 g/mol. The predicted molar refractivity (Wildman–Crippen MR) is 43.4 cm³/mol. The molecule has 0 unspecified atom stereocenters. The van der Waals surface area contributed by atoms with E-state index < -0.39 is 0 Å². The third-order valence-corrected chi connectivity index (χ3v) is 1.70. The first-order chi connectivity index (χ1) is 5.35. The molecule has 0 aliphatic rings. The highest BCUT2D eigenvalue weighted by Crippen LogP contribution is 2.07. The van der Waals surface area contributed by atoms with E-state index in [0.717, 1.165) is 25.7 Å². The van der Waals surface area contributed by atoms with Crippen molar-refractivity contribution in [3.05, 3.63) is 0 Å². The molecule has 0 saturated heterocycles. The molecule has 0 amide bonds. The minimum Gasteiger partial charge on any atom is -0.396 e. The number of aliphatic hydroxyl groups excluding tert-OH is 2. The molecule has 11 heavy (non-hydrogen) atoms. The second-order valence-corrected chi connectivity index (χ2v) is 2.59. The van der Waals surface area contributed by atoms with Crippen LogP contribution in [0.4, 0.5) is 0 Å². The van der Waals surface area contributed by atoms with Crippen LogP contribution in [-0.4, -0.2) is 36.6 Å². The van der Waals surface area contributed by atoms with Gasteiger partial charge >= 0.3 is 0 Å². The largest absolute Gasteiger partial charge is 0.396 e. The number of rotatable bonds is 7. The molecule has 3 heteroatoms. The van der Waals surface area contributed by atoms with E-state index in [1.807, 2.05) is 0 Å². The second-order valence-electron chi connectivity index (χ2n) is 2.59. The fourth-order valence-corrected chi connectivity index (χ4v) is 1.02. The summed E-state index contributed by atoms with van der Waals surface area (Å²) >= 11 is 0. The zero-order chi connectivity index (χ0) is 8.53. The van der Waals surface area contributed by atoms with Gasteiger partial charge in [-0.15, -0.1) is 0 Å². The summed E-state index contributed by atoms with van der Waals surface area (Å²) in [5.41, 5.74) is 0. The van der Waals surface area contributed by atoms with Gasteiger partial charge in [-0.3, -0.25) is 0 Å². The first kappa shape index (κ1) is 10.9. The van der Waals surface area contributed by atoms with E-state index in [1.165, 1.54) is 0 Å². The topological polar surface area (TPSA) is 49.7 Å². The molecule has 0 aromatic rings.